The minimum absolute atomic E-state index is 1.05. The van der Waals surface area contributed by atoms with Gasteiger partial charge in [-0.1, -0.05) is 35.4 Å². The Kier molecular flexibility index (Phi) is 3.93. The Labute approximate surface area is 153 Å². The first-order valence-corrected chi connectivity index (χ1v) is 9.38. The molecular weight excluding hydrogens is 322 g/mol. The van der Waals surface area contributed by atoms with Gasteiger partial charge in [0.15, 0.2) is 0 Å². The third kappa shape index (κ3) is 2.98. The number of pyridine rings is 1. The van der Waals surface area contributed by atoms with Crippen LogP contribution < -0.4 is 0 Å². The summed E-state index contributed by atoms with van der Waals surface area (Å²) in [6, 6.07) is 17.6. The molecule has 0 atom stereocenters. The number of hydrogen-bond acceptors (Lipinski definition) is 2. The van der Waals surface area contributed by atoms with Gasteiger partial charge in [-0.2, -0.15) is 0 Å². The van der Waals surface area contributed by atoms with E-state index in [4.69, 9.17) is 4.98 Å². The highest BCUT2D eigenvalue weighted by Crippen LogP contribution is 2.37. The molecule has 0 radical (unpaired) electrons. The Balaban J connectivity index is 1.85. The molecule has 0 saturated heterocycles. The van der Waals surface area contributed by atoms with Gasteiger partial charge >= 0.3 is 0 Å². The highest BCUT2D eigenvalue weighted by molar-refractivity contribution is 7.22. The van der Waals surface area contributed by atoms with Gasteiger partial charge in [0.2, 0.25) is 0 Å². The molecule has 4 aromatic rings. The van der Waals surface area contributed by atoms with Crippen LogP contribution in [0, 0.1) is 27.7 Å². The van der Waals surface area contributed by atoms with E-state index in [0.29, 0.717) is 0 Å². The van der Waals surface area contributed by atoms with Gasteiger partial charge in [0.25, 0.3) is 0 Å². The van der Waals surface area contributed by atoms with Gasteiger partial charge in [-0.25, -0.2) is 0 Å². The zero-order valence-corrected chi connectivity index (χ0v) is 15.9. The van der Waals surface area contributed by atoms with Gasteiger partial charge < -0.3 is 0 Å². The van der Waals surface area contributed by atoms with Crippen LogP contribution in [0.15, 0.2) is 54.7 Å². The van der Waals surface area contributed by atoms with Crippen LogP contribution in [0.4, 0.5) is 0 Å². The minimum Gasteiger partial charge on any atom is -0.255 e. The van der Waals surface area contributed by atoms with Gasteiger partial charge in [-0.05, 0) is 74.0 Å². The molecular formula is C23H21NS. The van der Waals surface area contributed by atoms with Crippen LogP contribution in [0.3, 0.4) is 0 Å². The molecule has 0 unspecified atom stereocenters. The zero-order valence-electron chi connectivity index (χ0n) is 15.1. The summed E-state index contributed by atoms with van der Waals surface area (Å²) < 4.78 is 1.24. The molecule has 2 aromatic carbocycles. The lowest BCUT2D eigenvalue weighted by atomic mass is 10.0. The molecule has 2 heteroatoms. The largest absolute Gasteiger partial charge is 0.255 e. The summed E-state index contributed by atoms with van der Waals surface area (Å²) in [6.45, 7) is 8.65. The van der Waals surface area contributed by atoms with Gasteiger partial charge in [-0.3, -0.25) is 4.98 Å². The van der Waals surface area contributed by atoms with E-state index in [1.54, 1.807) is 0 Å². The molecule has 0 aliphatic rings. The fraction of sp³-hybridized carbons (Fsp3) is 0.174. The Morgan fingerprint density at radius 1 is 0.800 bits per heavy atom. The third-order valence-corrected chi connectivity index (χ3v) is 5.75. The smallest absolute Gasteiger partial charge is 0.0709 e. The molecule has 4 rings (SSSR count). The fourth-order valence-corrected chi connectivity index (χ4v) is 4.74. The summed E-state index contributed by atoms with van der Waals surface area (Å²) in [7, 11) is 0. The molecule has 0 N–H and O–H groups in total. The second-order valence-corrected chi connectivity index (χ2v) is 7.94. The molecule has 2 aromatic heterocycles. The van der Waals surface area contributed by atoms with E-state index in [9.17, 15) is 0 Å². The average Bonchev–Trinajstić information content (AvgIpc) is 2.96. The van der Waals surface area contributed by atoms with Gasteiger partial charge in [0.05, 0.1) is 10.4 Å². The summed E-state index contributed by atoms with van der Waals surface area (Å²) in [5.41, 5.74) is 8.81. The standard InChI is InChI=1S/C23H21NS/c1-14-8-15(2)10-18(9-14)20-11-19-12-21(25-22(19)13-24-20)23-16(3)6-5-7-17(23)4/h5-13H,1-4H3. The van der Waals surface area contributed by atoms with Crippen LogP contribution >= 0.6 is 11.3 Å². The second kappa shape index (κ2) is 6.12. The highest BCUT2D eigenvalue weighted by atomic mass is 32.1. The fourth-order valence-electron chi connectivity index (χ4n) is 3.55. The number of aryl methyl sites for hydroxylation is 4. The summed E-state index contributed by atoms with van der Waals surface area (Å²) in [6.07, 6.45) is 2.02. The molecule has 124 valence electrons. The molecule has 25 heavy (non-hydrogen) atoms. The second-order valence-electron chi connectivity index (χ2n) is 6.86. The number of thiophene rings is 1. The Morgan fingerprint density at radius 3 is 2.16 bits per heavy atom. The van der Waals surface area contributed by atoms with Crippen LogP contribution in [0.25, 0.3) is 31.8 Å². The topological polar surface area (TPSA) is 12.9 Å². The molecule has 2 heterocycles. The van der Waals surface area contributed by atoms with Crippen LogP contribution in [0.5, 0.6) is 0 Å². The first-order valence-electron chi connectivity index (χ1n) is 8.56. The molecule has 0 aliphatic carbocycles. The van der Waals surface area contributed by atoms with Crippen molar-refractivity contribution < 1.29 is 0 Å². The molecule has 1 nitrogen and oxygen atoms in total. The monoisotopic (exact) mass is 343 g/mol. The minimum atomic E-state index is 1.05. The molecule has 0 amide bonds. The Morgan fingerprint density at radius 2 is 1.48 bits per heavy atom. The SMILES string of the molecule is Cc1cc(C)cc(-c2cc3cc(-c4c(C)cccc4C)sc3cn2)c1. The summed E-state index contributed by atoms with van der Waals surface area (Å²) in [5, 5.41) is 1.27. The quantitative estimate of drug-likeness (QED) is 0.387. The number of aromatic nitrogens is 1. The van der Waals surface area contributed by atoms with E-state index in [0.717, 1.165) is 5.69 Å². The molecule has 0 fully saturated rings. The van der Waals surface area contributed by atoms with Crippen molar-refractivity contribution in [2.45, 2.75) is 27.7 Å². The van der Waals surface area contributed by atoms with Crippen LogP contribution in [0.2, 0.25) is 0 Å². The van der Waals surface area contributed by atoms with Crippen molar-refractivity contribution in [2.75, 3.05) is 0 Å². The average molecular weight is 343 g/mol. The van der Waals surface area contributed by atoms with Crippen molar-refractivity contribution in [1.29, 1.82) is 0 Å². The number of rotatable bonds is 2. The van der Waals surface area contributed by atoms with Gasteiger partial charge in [0.1, 0.15) is 0 Å². The third-order valence-electron chi connectivity index (χ3n) is 4.65. The maximum atomic E-state index is 4.72. The van der Waals surface area contributed by atoms with E-state index in [2.05, 4.69) is 76.2 Å². The highest BCUT2D eigenvalue weighted by Gasteiger charge is 2.11. The summed E-state index contributed by atoms with van der Waals surface area (Å²) in [5.74, 6) is 0. The van der Waals surface area contributed by atoms with Gasteiger partial charge in [-0.15, -0.1) is 11.3 Å². The van der Waals surface area contributed by atoms with Crippen molar-refractivity contribution in [3.8, 4) is 21.7 Å². The van der Waals surface area contributed by atoms with E-state index < -0.39 is 0 Å². The number of nitrogens with zero attached hydrogens (tertiary/aromatic N) is 1. The zero-order chi connectivity index (χ0) is 17.6. The molecule has 0 aliphatic heterocycles. The first kappa shape index (κ1) is 16.0. The van der Waals surface area contributed by atoms with Crippen LogP contribution in [-0.2, 0) is 0 Å². The first-order chi connectivity index (χ1) is 12.0. The van der Waals surface area contributed by atoms with Crippen molar-refractivity contribution in [2.24, 2.45) is 0 Å². The van der Waals surface area contributed by atoms with E-state index >= 15 is 0 Å². The number of benzene rings is 2. The van der Waals surface area contributed by atoms with Crippen molar-refractivity contribution in [3.63, 3.8) is 0 Å². The predicted octanol–water partition coefficient (Wildman–Crippen LogP) is 6.86. The predicted molar refractivity (Wildman–Crippen MR) is 109 cm³/mol. The van der Waals surface area contributed by atoms with Crippen LogP contribution in [0.1, 0.15) is 22.3 Å². The van der Waals surface area contributed by atoms with E-state index in [-0.39, 0.29) is 0 Å². The molecule has 0 bridgehead atoms. The Bertz CT molecular complexity index is 1050. The van der Waals surface area contributed by atoms with E-state index in [1.807, 2.05) is 17.5 Å². The number of fused-ring (bicyclic) bond motifs is 1. The lowest BCUT2D eigenvalue weighted by Crippen LogP contribution is -1.85. The van der Waals surface area contributed by atoms with Crippen molar-refractivity contribution >= 4 is 21.4 Å². The molecule has 0 spiro atoms. The van der Waals surface area contributed by atoms with E-state index in [1.165, 1.54) is 48.3 Å². The van der Waals surface area contributed by atoms with Crippen molar-refractivity contribution in [3.05, 3.63) is 77.0 Å². The molecule has 0 saturated carbocycles. The maximum Gasteiger partial charge on any atom is 0.0709 e. The van der Waals surface area contributed by atoms with Crippen LogP contribution in [-0.4, -0.2) is 4.98 Å². The summed E-state index contributed by atoms with van der Waals surface area (Å²) in [4.78, 5) is 6.05. The maximum absolute atomic E-state index is 4.72. The lowest BCUT2D eigenvalue weighted by molar-refractivity contribution is 1.33. The Hall–Kier alpha value is -2.45. The summed E-state index contributed by atoms with van der Waals surface area (Å²) >= 11 is 1.83. The normalized spacial score (nSPS) is 11.2. The lowest BCUT2D eigenvalue weighted by Gasteiger charge is -2.06. The van der Waals surface area contributed by atoms with Gasteiger partial charge in [0, 0.05) is 16.6 Å². The van der Waals surface area contributed by atoms with Crippen molar-refractivity contribution in [1.82, 2.24) is 4.98 Å². The number of hydrogen-bond donors (Lipinski definition) is 0.